The number of hydrogen-bond donors (Lipinski definition) is 3. The van der Waals surface area contributed by atoms with Crippen LogP contribution >= 0.6 is 0 Å². The van der Waals surface area contributed by atoms with Crippen LogP contribution in [0.3, 0.4) is 0 Å². The van der Waals surface area contributed by atoms with Crippen molar-refractivity contribution in [3.05, 3.63) is 11.4 Å². The van der Waals surface area contributed by atoms with Crippen LogP contribution in [-0.4, -0.2) is 35.9 Å². The Labute approximate surface area is 99.9 Å². The fourth-order valence-electron chi connectivity index (χ4n) is 1.90. The van der Waals surface area contributed by atoms with Crippen molar-refractivity contribution in [2.75, 3.05) is 25.5 Å². The molecule has 1 atom stereocenters. The summed E-state index contributed by atoms with van der Waals surface area (Å²) in [6.07, 6.45) is 2.02. The number of ether oxygens (including phenoxy) is 1. The number of aryl methyl sites for hydroxylation is 1. The number of nitrogen functional groups attached to an aromatic ring is 1. The molecule has 0 aliphatic carbocycles. The smallest absolute Gasteiger partial charge is 0.273 e. The molecule has 2 rings (SSSR count). The Balaban J connectivity index is 1.79. The number of carbonyl (C=O) groups excluding carboxylic acids is 1. The minimum absolute atomic E-state index is 0.217. The molecule has 0 aromatic carbocycles. The second kappa shape index (κ2) is 5.18. The normalized spacial score (nSPS) is 19.5. The summed E-state index contributed by atoms with van der Waals surface area (Å²) in [5, 5.41) is 9.40. The molecule has 1 aliphatic heterocycles. The lowest BCUT2D eigenvalue weighted by Gasteiger charge is -2.07. The lowest BCUT2D eigenvalue weighted by molar-refractivity contribution is 0.0946. The van der Waals surface area contributed by atoms with Crippen molar-refractivity contribution in [2.45, 2.75) is 19.8 Å². The number of H-pyrrole nitrogens is 1. The Morgan fingerprint density at radius 2 is 2.53 bits per heavy atom. The number of nitrogens with zero attached hydrogens (tertiary/aromatic N) is 1. The lowest BCUT2D eigenvalue weighted by Crippen LogP contribution is -2.27. The molecule has 1 unspecified atom stereocenters. The van der Waals surface area contributed by atoms with Gasteiger partial charge in [-0.05, 0) is 25.7 Å². The van der Waals surface area contributed by atoms with Crippen LogP contribution in [0.4, 0.5) is 5.69 Å². The highest BCUT2D eigenvalue weighted by Crippen LogP contribution is 2.16. The minimum atomic E-state index is -0.217. The Bertz CT molecular complexity index is 396. The molecular formula is C11H18N4O2. The number of hydrogen-bond acceptors (Lipinski definition) is 4. The summed E-state index contributed by atoms with van der Waals surface area (Å²) in [6.45, 7) is 4.07. The molecule has 4 N–H and O–H groups in total. The van der Waals surface area contributed by atoms with Crippen LogP contribution in [0.1, 0.15) is 29.0 Å². The molecule has 6 nitrogen and oxygen atoms in total. The van der Waals surface area contributed by atoms with Crippen molar-refractivity contribution in [2.24, 2.45) is 5.92 Å². The SMILES string of the molecule is Cc1[nH]nc(C(=O)NCCC2CCOC2)c1N. The van der Waals surface area contributed by atoms with Crippen LogP contribution in [0, 0.1) is 12.8 Å². The van der Waals surface area contributed by atoms with E-state index in [-0.39, 0.29) is 11.6 Å². The number of nitrogens with one attached hydrogen (secondary N) is 2. The average Bonchev–Trinajstić information content (AvgIpc) is 2.91. The van der Waals surface area contributed by atoms with Gasteiger partial charge in [0, 0.05) is 19.8 Å². The largest absolute Gasteiger partial charge is 0.395 e. The number of amides is 1. The van der Waals surface area contributed by atoms with Gasteiger partial charge in [-0.3, -0.25) is 9.89 Å². The fraction of sp³-hybridized carbons (Fsp3) is 0.636. The third-order valence-corrected chi connectivity index (χ3v) is 3.07. The summed E-state index contributed by atoms with van der Waals surface area (Å²) in [7, 11) is 0. The van der Waals surface area contributed by atoms with E-state index in [1.807, 2.05) is 0 Å². The predicted molar refractivity (Wildman–Crippen MR) is 63.6 cm³/mol. The van der Waals surface area contributed by atoms with Gasteiger partial charge in [-0.25, -0.2) is 0 Å². The Morgan fingerprint density at radius 3 is 3.12 bits per heavy atom. The molecule has 1 amide bonds. The number of nitrogens with two attached hydrogens (primary N) is 1. The zero-order valence-corrected chi connectivity index (χ0v) is 9.95. The second-order valence-corrected chi connectivity index (χ2v) is 4.39. The van der Waals surface area contributed by atoms with Crippen molar-refractivity contribution in [3.8, 4) is 0 Å². The fourth-order valence-corrected chi connectivity index (χ4v) is 1.90. The second-order valence-electron chi connectivity index (χ2n) is 4.39. The van der Waals surface area contributed by atoms with Crippen molar-refractivity contribution in [3.63, 3.8) is 0 Å². The maximum atomic E-state index is 11.7. The first kappa shape index (κ1) is 11.9. The number of rotatable bonds is 4. The van der Waals surface area contributed by atoms with E-state index in [9.17, 15) is 4.79 Å². The van der Waals surface area contributed by atoms with Gasteiger partial charge in [0.1, 0.15) is 0 Å². The third-order valence-electron chi connectivity index (χ3n) is 3.07. The van der Waals surface area contributed by atoms with Crippen LogP contribution in [-0.2, 0) is 4.74 Å². The van der Waals surface area contributed by atoms with Crippen LogP contribution in [0.25, 0.3) is 0 Å². The molecule has 94 valence electrons. The van der Waals surface area contributed by atoms with Gasteiger partial charge in [-0.1, -0.05) is 0 Å². The standard InChI is InChI=1S/C11H18N4O2/c1-7-9(12)10(15-14-7)11(16)13-4-2-8-3-5-17-6-8/h8H,2-6,12H2,1H3,(H,13,16)(H,14,15). The van der Waals surface area contributed by atoms with E-state index in [0.29, 0.717) is 18.2 Å². The molecule has 0 saturated carbocycles. The molecule has 0 radical (unpaired) electrons. The van der Waals surface area contributed by atoms with E-state index in [2.05, 4.69) is 15.5 Å². The summed E-state index contributed by atoms with van der Waals surface area (Å²) >= 11 is 0. The van der Waals surface area contributed by atoms with E-state index in [4.69, 9.17) is 10.5 Å². The quantitative estimate of drug-likeness (QED) is 0.710. The molecule has 1 aromatic heterocycles. The minimum Gasteiger partial charge on any atom is -0.395 e. The monoisotopic (exact) mass is 238 g/mol. The first-order chi connectivity index (χ1) is 8.18. The first-order valence-electron chi connectivity index (χ1n) is 5.85. The van der Waals surface area contributed by atoms with Crippen LogP contribution in [0.2, 0.25) is 0 Å². The van der Waals surface area contributed by atoms with E-state index < -0.39 is 0 Å². The zero-order valence-electron chi connectivity index (χ0n) is 9.95. The van der Waals surface area contributed by atoms with Crippen LogP contribution in [0.15, 0.2) is 0 Å². The Kier molecular flexibility index (Phi) is 3.63. The van der Waals surface area contributed by atoms with Crippen molar-refractivity contribution >= 4 is 11.6 Å². The molecule has 17 heavy (non-hydrogen) atoms. The highest BCUT2D eigenvalue weighted by molar-refractivity contribution is 5.97. The first-order valence-corrected chi connectivity index (χ1v) is 5.85. The predicted octanol–water partition coefficient (Wildman–Crippen LogP) is 0.457. The van der Waals surface area contributed by atoms with Crippen molar-refractivity contribution < 1.29 is 9.53 Å². The highest BCUT2D eigenvalue weighted by Gasteiger charge is 2.17. The highest BCUT2D eigenvalue weighted by atomic mass is 16.5. The molecular weight excluding hydrogens is 220 g/mol. The van der Waals surface area contributed by atoms with Crippen LogP contribution in [0.5, 0.6) is 0 Å². The Morgan fingerprint density at radius 1 is 1.71 bits per heavy atom. The molecule has 1 aromatic rings. The number of carbonyl (C=O) groups is 1. The van der Waals surface area contributed by atoms with Gasteiger partial charge < -0.3 is 15.8 Å². The summed E-state index contributed by atoms with van der Waals surface area (Å²) < 4.78 is 5.27. The third kappa shape index (κ3) is 2.76. The zero-order chi connectivity index (χ0) is 12.3. The van der Waals surface area contributed by atoms with E-state index >= 15 is 0 Å². The molecule has 0 bridgehead atoms. The van der Waals surface area contributed by atoms with Gasteiger partial charge in [0.25, 0.3) is 5.91 Å². The van der Waals surface area contributed by atoms with Gasteiger partial charge in [-0.2, -0.15) is 5.10 Å². The van der Waals surface area contributed by atoms with Crippen molar-refractivity contribution in [1.29, 1.82) is 0 Å². The topological polar surface area (TPSA) is 93.0 Å². The van der Waals surface area contributed by atoms with Gasteiger partial charge in [0.15, 0.2) is 5.69 Å². The summed E-state index contributed by atoms with van der Waals surface area (Å²) in [6, 6.07) is 0. The summed E-state index contributed by atoms with van der Waals surface area (Å²) in [4.78, 5) is 11.7. The van der Waals surface area contributed by atoms with Gasteiger partial charge in [0.2, 0.25) is 0 Å². The average molecular weight is 238 g/mol. The Hall–Kier alpha value is -1.56. The molecule has 1 saturated heterocycles. The maximum Gasteiger partial charge on any atom is 0.273 e. The molecule has 6 heteroatoms. The number of aromatic nitrogens is 2. The molecule has 2 heterocycles. The number of anilines is 1. The van der Waals surface area contributed by atoms with Gasteiger partial charge >= 0.3 is 0 Å². The van der Waals surface area contributed by atoms with E-state index in [0.717, 1.165) is 31.7 Å². The van der Waals surface area contributed by atoms with E-state index in [1.54, 1.807) is 6.92 Å². The van der Waals surface area contributed by atoms with Crippen molar-refractivity contribution in [1.82, 2.24) is 15.5 Å². The van der Waals surface area contributed by atoms with Crippen LogP contribution < -0.4 is 11.1 Å². The van der Waals surface area contributed by atoms with E-state index in [1.165, 1.54) is 0 Å². The number of aromatic amines is 1. The van der Waals surface area contributed by atoms with Gasteiger partial charge in [-0.15, -0.1) is 0 Å². The maximum absolute atomic E-state index is 11.7. The molecule has 1 fully saturated rings. The molecule has 1 aliphatic rings. The summed E-state index contributed by atoms with van der Waals surface area (Å²) in [5.74, 6) is 0.347. The molecule has 0 spiro atoms. The van der Waals surface area contributed by atoms with Gasteiger partial charge in [0.05, 0.1) is 11.4 Å². The summed E-state index contributed by atoms with van der Waals surface area (Å²) in [5.41, 5.74) is 7.15. The lowest BCUT2D eigenvalue weighted by atomic mass is 10.1.